The van der Waals surface area contributed by atoms with Gasteiger partial charge in [0, 0.05) is 24.3 Å². The van der Waals surface area contributed by atoms with Gasteiger partial charge >= 0.3 is 0 Å². The van der Waals surface area contributed by atoms with Gasteiger partial charge in [0.2, 0.25) is 0 Å². The maximum atomic E-state index is 5.88. The summed E-state index contributed by atoms with van der Waals surface area (Å²) in [5.74, 6) is 0. The third-order valence-corrected chi connectivity index (χ3v) is 7.24. The fourth-order valence-electron chi connectivity index (χ4n) is 4.73. The number of benzene rings is 2. The van der Waals surface area contributed by atoms with Crippen molar-refractivity contribution in [2.75, 3.05) is 13.2 Å². The van der Waals surface area contributed by atoms with Gasteiger partial charge in [-0.1, -0.05) is 112 Å². The lowest BCUT2D eigenvalue weighted by atomic mass is 10.1. The first-order chi connectivity index (χ1) is 19.3. The topological polar surface area (TPSA) is 35.1 Å². The van der Waals surface area contributed by atoms with Gasteiger partial charge in [0.1, 0.15) is 13.1 Å². The molecule has 0 atom stereocenters. The quantitative estimate of drug-likeness (QED) is 0.0966. The predicted molar refractivity (Wildman–Crippen MR) is 167 cm³/mol. The van der Waals surface area contributed by atoms with Crippen molar-refractivity contribution < 1.29 is 14.8 Å². The molecule has 0 unspecified atom stereocenters. The lowest BCUT2D eigenvalue weighted by molar-refractivity contribution is -0.686. The molecule has 0 saturated heterocycles. The normalized spacial score (nSPS) is 11.1. The largest absolute Gasteiger partial charge is 0.377 e. The van der Waals surface area contributed by atoms with E-state index in [0.29, 0.717) is 0 Å². The van der Waals surface area contributed by atoms with Crippen LogP contribution in [-0.2, 0) is 35.8 Å². The van der Waals surface area contributed by atoms with Crippen LogP contribution < -0.4 is 5.32 Å². The number of rotatable bonds is 26. The van der Waals surface area contributed by atoms with Crippen LogP contribution in [0, 0.1) is 0 Å². The highest BCUT2D eigenvalue weighted by Crippen LogP contribution is 2.11. The Kier molecular flexibility index (Phi) is 20.0. The Morgan fingerprint density at radius 3 is 1.18 bits per heavy atom. The molecule has 2 aromatic rings. The number of hydrogen-bond acceptors (Lipinski definition) is 2. The molecule has 0 spiro atoms. The Morgan fingerprint density at radius 1 is 0.462 bits per heavy atom. The van der Waals surface area contributed by atoms with E-state index in [-0.39, 0.29) is 0 Å². The molecule has 0 saturated carbocycles. The van der Waals surface area contributed by atoms with E-state index in [4.69, 9.17) is 9.47 Å². The van der Waals surface area contributed by atoms with Gasteiger partial charge in [-0.3, -0.25) is 0 Å². The zero-order chi connectivity index (χ0) is 27.6. The monoisotopic (exact) mass is 534 g/mol. The highest BCUT2D eigenvalue weighted by Gasteiger charge is 2.01. The number of unbranched alkanes of at least 4 members (excludes halogenated alkanes) is 12. The highest BCUT2D eigenvalue weighted by molar-refractivity contribution is 5.22. The summed E-state index contributed by atoms with van der Waals surface area (Å²) < 4.78 is 11.8. The Balaban J connectivity index is 1.47. The molecule has 0 aliphatic heterocycles. The van der Waals surface area contributed by atoms with Crippen LogP contribution in [0.5, 0.6) is 0 Å². The molecule has 0 fully saturated rings. The van der Waals surface area contributed by atoms with Crippen LogP contribution >= 0.6 is 0 Å². The Bertz CT molecular complexity index is 772. The summed E-state index contributed by atoms with van der Waals surface area (Å²) in [6.07, 6.45) is 21.8. The molecule has 3 heteroatoms. The summed E-state index contributed by atoms with van der Waals surface area (Å²) in [4.78, 5) is 0. The average Bonchev–Trinajstić information content (AvgIpc) is 2.96. The van der Waals surface area contributed by atoms with Crippen molar-refractivity contribution in [1.82, 2.24) is 0 Å². The summed E-state index contributed by atoms with van der Waals surface area (Å²) in [5.41, 5.74) is 5.24. The summed E-state index contributed by atoms with van der Waals surface area (Å²) >= 11 is 0. The molecule has 216 valence electrons. The molecule has 3 nitrogen and oxygen atoms in total. The number of nitrogens with two attached hydrogens (primary N) is 1. The number of quaternary nitrogens is 1. The van der Waals surface area contributed by atoms with E-state index in [0.717, 1.165) is 52.4 Å². The lowest BCUT2D eigenvalue weighted by Gasteiger charge is -2.07. The second-order valence-electron chi connectivity index (χ2n) is 10.8. The van der Waals surface area contributed by atoms with Crippen LogP contribution in [0.25, 0.3) is 0 Å². The van der Waals surface area contributed by atoms with Gasteiger partial charge in [-0.05, 0) is 49.7 Å². The molecule has 0 radical (unpaired) electrons. The van der Waals surface area contributed by atoms with Gasteiger partial charge in [0.25, 0.3) is 0 Å². The van der Waals surface area contributed by atoms with Gasteiger partial charge < -0.3 is 14.8 Å². The molecule has 0 amide bonds. The van der Waals surface area contributed by atoms with E-state index < -0.39 is 0 Å². The van der Waals surface area contributed by atoms with Crippen molar-refractivity contribution in [3.8, 4) is 0 Å². The molecule has 2 aromatic carbocycles. The minimum atomic E-state index is 0.718. The number of hydrogen-bond donors (Lipinski definition) is 1. The van der Waals surface area contributed by atoms with Gasteiger partial charge in [-0.25, -0.2) is 0 Å². The molecule has 2 rings (SSSR count). The molecule has 0 aromatic heterocycles. The van der Waals surface area contributed by atoms with E-state index in [1.807, 2.05) is 12.2 Å². The van der Waals surface area contributed by atoms with E-state index in [1.54, 1.807) is 0 Å². The second-order valence-corrected chi connectivity index (χ2v) is 10.8. The zero-order valence-corrected chi connectivity index (χ0v) is 24.7. The molecule has 0 aliphatic carbocycles. The van der Waals surface area contributed by atoms with Crippen LogP contribution in [0.4, 0.5) is 0 Å². The van der Waals surface area contributed by atoms with Crippen molar-refractivity contribution in [3.05, 3.63) is 96.1 Å². The van der Waals surface area contributed by atoms with Gasteiger partial charge in [-0.15, -0.1) is 13.2 Å². The van der Waals surface area contributed by atoms with Crippen molar-refractivity contribution in [2.45, 2.75) is 116 Å². The summed E-state index contributed by atoms with van der Waals surface area (Å²) in [6, 6.07) is 17.8. The standard InChI is InChI=1S/C36H55NO2/c1-3-5-7-9-11-13-15-17-27-38-31-35-23-19-33(20-24-35)29-37-30-34-21-25-36(26-22-34)32-39-28-18-16-14-12-10-8-6-4-2/h3-4,19-26,37H,1-2,5-18,27-32H2/p+1. The van der Waals surface area contributed by atoms with E-state index in [1.165, 1.54) is 99.3 Å². The molecule has 0 bridgehead atoms. The maximum Gasteiger partial charge on any atom is 0.101 e. The maximum absolute atomic E-state index is 5.88. The van der Waals surface area contributed by atoms with E-state index in [2.05, 4.69) is 67.0 Å². The second kappa shape index (κ2) is 23.7. The van der Waals surface area contributed by atoms with E-state index >= 15 is 0 Å². The smallest absolute Gasteiger partial charge is 0.101 e. The lowest BCUT2D eigenvalue weighted by Crippen LogP contribution is -2.80. The molecule has 0 aliphatic rings. The van der Waals surface area contributed by atoms with Gasteiger partial charge in [0.05, 0.1) is 13.2 Å². The highest BCUT2D eigenvalue weighted by atomic mass is 16.5. The number of allylic oxidation sites excluding steroid dienone is 2. The van der Waals surface area contributed by atoms with Crippen molar-refractivity contribution >= 4 is 0 Å². The van der Waals surface area contributed by atoms with Crippen molar-refractivity contribution in [3.63, 3.8) is 0 Å². The van der Waals surface area contributed by atoms with Crippen LogP contribution in [0.1, 0.15) is 112 Å². The summed E-state index contributed by atoms with van der Waals surface area (Å²) in [7, 11) is 0. The van der Waals surface area contributed by atoms with Crippen molar-refractivity contribution in [1.29, 1.82) is 0 Å². The number of ether oxygens (including phenoxy) is 2. The van der Waals surface area contributed by atoms with Gasteiger partial charge in [-0.2, -0.15) is 0 Å². The molecule has 39 heavy (non-hydrogen) atoms. The van der Waals surface area contributed by atoms with Crippen LogP contribution in [0.2, 0.25) is 0 Å². The van der Waals surface area contributed by atoms with E-state index in [9.17, 15) is 0 Å². The van der Waals surface area contributed by atoms with Gasteiger partial charge in [0.15, 0.2) is 0 Å². The fraction of sp³-hybridized carbons (Fsp3) is 0.556. The molecule has 0 heterocycles. The third-order valence-electron chi connectivity index (χ3n) is 7.24. The third kappa shape index (κ3) is 17.9. The Morgan fingerprint density at radius 2 is 0.795 bits per heavy atom. The van der Waals surface area contributed by atoms with Crippen molar-refractivity contribution in [2.24, 2.45) is 0 Å². The molecular formula is C36H56NO2+. The molecular weight excluding hydrogens is 478 g/mol. The molecule has 2 N–H and O–H groups in total. The Hall–Kier alpha value is -2.20. The first kappa shape index (κ1) is 33.0. The SMILES string of the molecule is C=CCCCCCCCCOCc1ccc(C[NH2+]Cc2ccc(COCCCCCCCCC=C)cc2)cc1. The zero-order valence-electron chi connectivity index (χ0n) is 24.7. The average molecular weight is 535 g/mol. The summed E-state index contributed by atoms with van der Waals surface area (Å²) in [5, 5.41) is 2.37. The van der Waals surface area contributed by atoms with Crippen LogP contribution in [0.15, 0.2) is 73.8 Å². The Labute approximate surface area is 240 Å². The first-order valence-electron chi connectivity index (χ1n) is 15.7. The predicted octanol–water partition coefficient (Wildman–Crippen LogP) is 8.82. The van der Waals surface area contributed by atoms with Crippen LogP contribution in [0.3, 0.4) is 0 Å². The summed E-state index contributed by atoms with van der Waals surface area (Å²) in [6.45, 7) is 12.7. The fourth-order valence-corrected chi connectivity index (χ4v) is 4.73. The minimum absolute atomic E-state index is 0.718. The minimum Gasteiger partial charge on any atom is -0.377 e. The van der Waals surface area contributed by atoms with Crippen LogP contribution in [-0.4, -0.2) is 13.2 Å². The first-order valence-corrected chi connectivity index (χ1v) is 15.7.